The molecule has 29 heavy (non-hydrogen) atoms. The van der Waals surface area contributed by atoms with Gasteiger partial charge in [-0.1, -0.05) is 18.2 Å². The number of rotatable bonds is 7. The Bertz CT molecular complexity index is 852. The van der Waals surface area contributed by atoms with Gasteiger partial charge in [-0.15, -0.1) is 0 Å². The Kier molecular flexibility index (Phi) is 6.84. The van der Waals surface area contributed by atoms with Crippen LogP contribution in [0.3, 0.4) is 0 Å². The number of nitrogens with zero attached hydrogens (tertiary/aromatic N) is 1. The van der Waals surface area contributed by atoms with Gasteiger partial charge in [0.05, 0.1) is 7.11 Å². The maximum absolute atomic E-state index is 12.6. The van der Waals surface area contributed by atoms with Gasteiger partial charge in [0.2, 0.25) is 11.8 Å². The Hall–Kier alpha value is -3.35. The van der Waals surface area contributed by atoms with Gasteiger partial charge in [-0.25, -0.2) is 0 Å². The molecule has 152 valence electrons. The third kappa shape index (κ3) is 5.34. The topological polar surface area (TPSA) is 87.7 Å². The molecular formula is C22H25N3O4. The molecule has 1 aliphatic heterocycles. The molecule has 0 aliphatic carbocycles. The molecule has 1 fully saturated rings. The largest absolute Gasteiger partial charge is 0.497 e. The molecule has 7 heteroatoms. The summed E-state index contributed by atoms with van der Waals surface area (Å²) in [4.78, 5) is 38.9. The highest BCUT2D eigenvalue weighted by atomic mass is 16.5. The van der Waals surface area contributed by atoms with Gasteiger partial charge in [0, 0.05) is 30.8 Å². The number of likely N-dealkylation sites (tertiary alicyclic amines) is 1. The van der Waals surface area contributed by atoms with Gasteiger partial charge in [0.15, 0.2) is 0 Å². The Labute approximate surface area is 170 Å². The van der Waals surface area contributed by atoms with Gasteiger partial charge in [0.1, 0.15) is 11.8 Å². The zero-order chi connectivity index (χ0) is 20.6. The van der Waals surface area contributed by atoms with E-state index in [1.165, 1.54) is 0 Å². The van der Waals surface area contributed by atoms with Crippen LogP contribution in [0.4, 0.5) is 5.69 Å². The highest BCUT2D eigenvalue weighted by Crippen LogP contribution is 2.21. The highest BCUT2D eigenvalue weighted by molar-refractivity contribution is 5.98. The van der Waals surface area contributed by atoms with Crippen LogP contribution < -0.4 is 15.4 Å². The van der Waals surface area contributed by atoms with Crippen molar-refractivity contribution >= 4 is 23.4 Å². The van der Waals surface area contributed by atoms with E-state index in [2.05, 4.69) is 10.6 Å². The minimum atomic E-state index is -0.491. The molecule has 0 radical (unpaired) electrons. The van der Waals surface area contributed by atoms with Gasteiger partial charge in [-0.05, 0) is 49.2 Å². The van der Waals surface area contributed by atoms with Crippen LogP contribution in [0, 0.1) is 0 Å². The first kappa shape index (κ1) is 20.4. The average Bonchev–Trinajstić information content (AvgIpc) is 3.25. The van der Waals surface area contributed by atoms with E-state index in [0.29, 0.717) is 30.0 Å². The molecule has 2 aromatic rings. The first-order chi connectivity index (χ1) is 14.1. The quantitative estimate of drug-likeness (QED) is 0.754. The fourth-order valence-electron chi connectivity index (χ4n) is 3.36. The summed E-state index contributed by atoms with van der Waals surface area (Å²) in [6.45, 7) is 0.780. The molecule has 7 nitrogen and oxygen atoms in total. The van der Waals surface area contributed by atoms with Gasteiger partial charge in [-0.2, -0.15) is 0 Å². The van der Waals surface area contributed by atoms with Crippen molar-refractivity contribution in [1.29, 1.82) is 0 Å². The molecular weight excluding hydrogens is 370 g/mol. The van der Waals surface area contributed by atoms with Crippen molar-refractivity contribution < 1.29 is 19.1 Å². The molecule has 1 atom stereocenters. The second kappa shape index (κ2) is 9.73. The number of carbonyl (C=O) groups excluding carboxylic acids is 3. The normalized spacial score (nSPS) is 15.6. The van der Waals surface area contributed by atoms with Crippen LogP contribution in [0.25, 0.3) is 0 Å². The van der Waals surface area contributed by atoms with E-state index < -0.39 is 6.04 Å². The van der Waals surface area contributed by atoms with Crippen LogP contribution in [0.5, 0.6) is 5.75 Å². The van der Waals surface area contributed by atoms with E-state index in [9.17, 15) is 14.4 Å². The third-order valence-electron chi connectivity index (χ3n) is 4.89. The fourth-order valence-corrected chi connectivity index (χ4v) is 3.36. The maximum Gasteiger partial charge on any atom is 0.251 e. The summed E-state index contributed by atoms with van der Waals surface area (Å²) in [5.74, 6) is 0.159. The lowest BCUT2D eigenvalue weighted by Gasteiger charge is -2.24. The van der Waals surface area contributed by atoms with Crippen LogP contribution >= 0.6 is 0 Å². The van der Waals surface area contributed by atoms with E-state index in [-0.39, 0.29) is 30.7 Å². The van der Waals surface area contributed by atoms with Crippen LogP contribution in [-0.4, -0.2) is 48.9 Å². The Morgan fingerprint density at radius 3 is 2.48 bits per heavy atom. The SMILES string of the molecule is COc1ccc(NC(=O)C2CCCN2C(=O)CCNC(=O)c2ccccc2)cc1. The predicted molar refractivity (Wildman–Crippen MR) is 110 cm³/mol. The Morgan fingerprint density at radius 1 is 1.07 bits per heavy atom. The van der Waals surface area contributed by atoms with Crippen molar-refractivity contribution in [2.45, 2.75) is 25.3 Å². The van der Waals surface area contributed by atoms with Crippen molar-refractivity contribution in [3.05, 3.63) is 60.2 Å². The molecule has 1 unspecified atom stereocenters. The second-order valence-corrected chi connectivity index (χ2v) is 6.83. The highest BCUT2D eigenvalue weighted by Gasteiger charge is 2.33. The van der Waals surface area contributed by atoms with Gasteiger partial charge >= 0.3 is 0 Å². The Morgan fingerprint density at radius 2 is 1.79 bits per heavy atom. The maximum atomic E-state index is 12.6. The standard InChI is InChI=1S/C22H25N3O4/c1-29-18-11-9-17(10-12-18)24-22(28)19-8-5-15-25(19)20(26)13-14-23-21(27)16-6-3-2-4-7-16/h2-4,6-7,9-12,19H,5,8,13-15H2,1H3,(H,23,27)(H,24,28). The van der Waals surface area contributed by atoms with Crippen LogP contribution in [0.15, 0.2) is 54.6 Å². The predicted octanol–water partition coefficient (Wildman–Crippen LogP) is 2.44. The van der Waals surface area contributed by atoms with E-state index >= 15 is 0 Å². The number of ether oxygens (including phenoxy) is 1. The molecule has 2 N–H and O–H groups in total. The molecule has 0 spiro atoms. The molecule has 1 heterocycles. The molecule has 0 aromatic heterocycles. The number of amides is 3. The molecule has 0 bridgehead atoms. The lowest BCUT2D eigenvalue weighted by molar-refractivity contribution is -0.136. The molecule has 1 saturated heterocycles. The number of carbonyl (C=O) groups is 3. The monoisotopic (exact) mass is 395 g/mol. The van der Waals surface area contributed by atoms with Crippen molar-refractivity contribution in [1.82, 2.24) is 10.2 Å². The minimum Gasteiger partial charge on any atom is -0.497 e. The van der Waals surface area contributed by atoms with E-state index in [4.69, 9.17) is 4.74 Å². The van der Waals surface area contributed by atoms with Crippen molar-refractivity contribution in [3.63, 3.8) is 0 Å². The molecule has 1 aliphatic rings. The summed E-state index contributed by atoms with van der Waals surface area (Å²) in [5.41, 5.74) is 1.21. The minimum absolute atomic E-state index is 0.134. The van der Waals surface area contributed by atoms with Crippen LogP contribution in [0.2, 0.25) is 0 Å². The van der Waals surface area contributed by atoms with E-state index in [1.807, 2.05) is 6.07 Å². The summed E-state index contributed by atoms with van der Waals surface area (Å²) < 4.78 is 5.11. The first-order valence-corrected chi connectivity index (χ1v) is 9.66. The lowest BCUT2D eigenvalue weighted by Crippen LogP contribution is -2.44. The number of methoxy groups -OCH3 is 1. The van der Waals surface area contributed by atoms with Crippen molar-refractivity contribution in [2.24, 2.45) is 0 Å². The fraction of sp³-hybridized carbons (Fsp3) is 0.318. The third-order valence-corrected chi connectivity index (χ3v) is 4.89. The van der Waals surface area contributed by atoms with E-state index in [0.717, 1.165) is 6.42 Å². The summed E-state index contributed by atoms with van der Waals surface area (Å²) in [6.07, 6.45) is 1.57. The smallest absolute Gasteiger partial charge is 0.251 e. The number of hydrogen-bond acceptors (Lipinski definition) is 4. The van der Waals surface area contributed by atoms with Gasteiger partial charge < -0.3 is 20.3 Å². The van der Waals surface area contributed by atoms with Crippen LogP contribution in [-0.2, 0) is 9.59 Å². The van der Waals surface area contributed by atoms with Gasteiger partial charge in [0.25, 0.3) is 5.91 Å². The molecule has 2 aromatic carbocycles. The lowest BCUT2D eigenvalue weighted by atomic mass is 10.2. The first-order valence-electron chi connectivity index (χ1n) is 9.66. The zero-order valence-corrected chi connectivity index (χ0v) is 16.4. The summed E-state index contributed by atoms with van der Waals surface area (Å²) in [6, 6.07) is 15.4. The number of benzene rings is 2. The number of nitrogens with one attached hydrogen (secondary N) is 2. The summed E-state index contributed by atoms with van der Waals surface area (Å²) in [5, 5.41) is 5.61. The van der Waals surface area contributed by atoms with Crippen molar-refractivity contribution in [2.75, 3.05) is 25.5 Å². The summed E-state index contributed by atoms with van der Waals surface area (Å²) >= 11 is 0. The molecule has 3 rings (SSSR count). The average molecular weight is 395 g/mol. The van der Waals surface area contributed by atoms with E-state index in [1.54, 1.807) is 60.5 Å². The van der Waals surface area contributed by atoms with Crippen molar-refractivity contribution in [3.8, 4) is 5.75 Å². The van der Waals surface area contributed by atoms with Crippen LogP contribution in [0.1, 0.15) is 29.6 Å². The molecule has 0 saturated carbocycles. The number of hydrogen-bond donors (Lipinski definition) is 2. The Balaban J connectivity index is 1.50. The number of anilines is 1. The second-order valence-electron chi connectivity index (χ2n) is 6.83. The van der Waals surface area contributed by atoms with Gasteiger partial charge in [-0.3, -0.25) is 14.4 Å². The molecule has 3 amide bonds. The summed E-state index contributed by atoms with van der Waals surface area (Å²) in [7, 11) is 1.58. The zero-order valence-electron chi connectivity index (χ0n) is 16.4.